The molecule has 2 aromatic carbocycles. The number of ketones is 1. The van der Waals surface area contributed by atoms with E-state index in [1.165, 1.54) is 18.2 Å². The van der Waals surface area contributed by atoms with Crippen molar-refractivity contribution in [2.45, 2.75) is 33.6 Å². The molecule has 1 N–H and O–H groups in total. The minimum atomic E-state index is -0.653. The molecule has 2 rings (SSSR count). The van der Waals surface area contributed by atoms with E-state index in [1.54, 1.807) is 13.0 Å². The molecule has 0 aromatic heterocycles. The number of non-ortho nitro benzene ring substituents is 1. The van der Waals surface area contributed by atoms with Gasteiger partial charge in [0.2, 0.25) is 0 Å². The van der Waals surface area contributed by atoms with Crippen molar-refractivity contribution in [3.8, 4) is 0 Å². The Kier molecular flexibility index (Phi) is 7.19. The van der Waals surface area contributed by atoms with Crippen LogP contribution in [0.3, 0.4) is 0 Å². The Morgan fingerprint density at radius 1 is 1.00 bits per heavy atom. The number of nitro groups is 1. The van der Waals surface area contributed by atoms with Crippen LogP contribution in [0, 0.1) is 30.9 Å². The van der Waals surface area contributed by atoms with Crippen molar-refractivity contribution in [3.05, 3.63) is 68.8 Å². The number of benzene rings is 2. The topological polar surface area (TPSA) is 116 Å². The van der Waals surface area contributed by atoms with E-state index in [1.807, 2.05) is 26.0 Å². The van der Waals surface area contributed by atoms with Crippen LogP contribution in [0.5, 0.6) is 0 Å². The Hall–Kier alpha value is -3.55. The number of anilines is 1. The van der Waals surface area contributed by atoms with Crippen LogP contribution in [-0.4, -0.2) is 29.2 Å². The molecule has 1 amide bonds. The van der Waals surface area contributed by atoms with E-state index in [0.717, 1.165) is 11.1 Å². The van der Waals surface area contributed by atoms with Crippen LogP contribution in [0.15, 0.2) is 36.4 Å². The predicted molar refractivity (Wildman–Crippen MR) is 107 cm³/mol. The minimum absolute atomic E-state index is 0.00773. The molecule has 0 aliphatic carbocycles. The van der Waals surface area contributed by atoms with Crippen molar-refractivity contribution in [1.29, 1.82) is 0 Å². The highest BCUT2D eigenvalue weighted by Crippen LogP contribution is 2.21. The molecule has 8 heteroatoms. The number of nitrogens with zero attached hydrogens (tertiary/aromatic N) is 1. The first-order valence-electron chi connectivity index (χ1n) is 8.98. The summed E-state index contributed by atoms with van der Waals surface area (Å²) in [7, 11) is 0. The van der Waals surface area contributed by atoms with Gasteiger partial charge in [-0.25, -0.2) is 0 Å². The van der Waals surface area contributed by atoms with Crippen molar-refractivity contribution in [2.75, 3.05) is 11.9 Å². The largest absolute Gasteiger partial charge is 0.456 e. The first-order chi connectivity index (χ1) is 13.7. The average molecular weight is 398 g/mol. The molecule has 0 saturated heterocycles. The van der Waals surface area contributed by atoms with E-state index >= 15 is 0 Å². The Bertz CT molecular complexity index is 968. The van der Waals surface area contributed by atoms with E-state index in [-0.39, 0.29) is 24.3 Å². The summed E-state index contributed by atoms with van der Waals surface area (Å²) in [6.45, 7) is 4.83. The molecule has 152 valence electrons. The normalized spacial score (nSPS) is 10.3. The lowest BCUT2D eigenvalue weighted by Crippen LogP contribution is -2.21. The maximum atomic E-state index is 12.3. The van der Waals surface area contributed by atoms with Crippen molar-refractivity contribution in [3.63, 3.8) is 0 Å². The zero-order valence-electron chi connectivity index (χ0n) is 16.5. The summed E-state index contributed by atoms with van der Waals surface area (Å²) in [5.41, 5.74) is 3.19. The second-order valence-corrected chi connectivity index (χ2v) is 6.71. The minimum Gasteiger partial charge on any atom is -0.456 e. The molecule has 0 saturated carbocycles. The molecule has 0 spiro atoms. The quantitative estimate of drug-likeness (QED) is 0.314. The third-order valence-corrected chi connectivity index (χ3v) is 4.31. The molecule has 0 atom stereocenters. The van der Waals surface area contributed by atoms with E-state index in [2.05, 4.69) is 5.32 Å². The molecule has 2 aromatic rings. The van der Waals surface area contributed by atoms with E-state index in [4.69, 9.17) is 4.74 Å². The second kappa shape index (κ2) is 9.59. The third-order valence-electron chi connectivity index (χ3n) is 4.31. The second-order valence-electron chi connectivity index (χ2n) is 6.71. The maximum Gasteiger partial charge on any atom is 0.306 e. The zero-order valence-corrected chi connectivity index (χ0v) is 16.5. The fourth-order valence-corrected chi connectivity index (χ4v) is 2.69. The maximum absolute atomic E-state index is 12.3. The first kappa shape index (κ1) is 21.7. The average Bonchev–Trinajstić information content (AvgIpc) is 2.67. The molecule has 0 radical (unpaired) electrons. The third kappa shape index (κ3) is 6.24. The number of aryl methyl sites for hydroxylation is 3. The number of carbonyl (C=O) groups excluding carboxylic acids is 3. The number of amides is 1. The number of rotatable bonds is 8. The summed E-state index contributed by atoms with van der Waals surface area (Å²) in [5.74, 6) is -1.38. The van der Waals surface area contributed by atoms with Gasteiger partial charge in [0.15, 0.2) is 12.4 Å². The van der Waals surface area contributed by atoms with Gasteiger partial charge in [-0.1, -0.05) is 17.7 Å². The van der Waals surface area contributed by atoms with Crippen LogP contribution in [0.2, 0.25) is 0 Å². The van der Waals surface area contributed by atoms with Gasteiger partial charge in [-0.15, -0.1) is 0 Å². The molecule has 29 heavy (non-hydrogen) atoms. The van der Waals surface area contributed by atoms with Crippen LogP contribution in [0.25, 0.3) is 0 Å². The summed E-state index contributed by atoms with van der Waals surface area (Å²) in [5, 5.41) is 13.3. The van der Waals surface area contributed by atoms with Gasteiger partial charge in [-0.3, -0.25) is 24.5 Å². The van der Waals surface area contributed by atoms with E-state index in [0.29, 0.717) is 16.8 Å². The highest BCUT2D eigenvalue weighted by atomic mass is 16.6. The number of ether oxygens (including phenoxy) is 1. The number of nitro benzene ring substituents is 1. The number of Topliss-reactive ketones (excluding diaryl/α,β-unsaturated/α-hetero) is 1. The fourth-order valence-electron chi connectivity index (χ4n) is 2.69. The highest BCUT2D eigenvalue weighted by Gasteiger charge is 2.15. The van der Waals surface area contributed by atoms with Crippen LogP contribution >= 0.6 is 0 Å². The molecular formula is C21H22N2O6. The Labute approximate surface area is 168 Å². The van der Waals surface area contributed by atoms with Gasteiger partial charge < -0.3 is 10.1 Å². The number of esters is 1. The van der Waals surface area contributed by atoms with Crippen molar-refractivity contribution in [2.24, 2.45) is 0 Å². The summed E-state index contributed by atoms with van der Waals surface area (Å²) < 4.78 is 4.91. The Balaban J connectivity index is 1.81. The summed E-state index contributed by atoms with van der Waals surface area (Å²) in [6, 6.07) is 9.56. The van der Waals surface area contributed by atoms with Gasteiger partial charge in [0.25, 0.3) is 11.6 Å². The van der Waals surface area contributed by atoms with Gasteiger partial charge in [-0.2, -0.15) is 0 Å². The molecule has 0 unspecified atom stereocenters. The molecule has 0 heterocycles. The molecule has 0 aliphatic rings. The van der Waals surface area contributed by atoms with Gasteiger partial charge >= 0.3 is 5.97 Å². The molecule has 0 bridgehead atoms. The molecule has 0 aliphatic heterocycles. The Morgan fingerprint density at radius 3 is 2.38 bits per heavy atom. The first-order valence-corrected chi connectivity index (χ1v) is 8.98. The van der Waals surface area contributed by atoms with E-state index in [9.17, 15) is 24.5 Å². The monoisotopic (exact) mass is 398 g/mol. The number of carbonyl (C=O) groups is 3. The standard InChI is InChI=1S/C21H22N2O6/c1-13-4-5-14(2)17(10-13)19(24)8-9-21(26)29-12-20(25)22-18-7-6-16(23(27)28)11-15(18)3/h4-7,10-11H,8-9,12H2,1-3H3,(H,22,25). The number of hydrogen-bond acceptors (Lipinski definition) is 6. The van der Waals surface area contributed by atoms with Crippen LogP contribution in [0.1, 0.15) is 39.9 Å². The predicted octanol–water partition coefficient (Wildman–Crippen LogP) is 3.66. The van der Waals surface area contributed by atoms with Crippen LogP contribution < -0.4 is 5.32 Å². The smallest absolute Gasteiger partial charge is 0.306 e. The SMILES string of the molecule is Cc1ccc(C)c(C(=O)CCC(=O)OCC(=O)Nc2ccc([N+](=O)[O-])cc2C)c1. The van der Waals surface area contributed by atoms with Gasteiger partial charge in [0.05, 0.1) is 11.3 Å². The zero-order chi connectivity index (χ0) is 21.6. The fraction of sp³-hybridized carbons (Fsp3) is 0.286. The summed E-state index contributed by atoms with van der Waals surface area (Å²) in [4.78, 5) is 46.3. The lowest BCUT2D eigenvalue weighted by atomic mass is 9.99. The lowest BCUT2D eigenvalue weighted by molar-refractivity contribution is -0.384. The van der Waals surface area contributed by atoms with Crippen molar-refractivity contribution >= 4 is 29.0 Å². The molecule has 8 nitrogen and oxygen atoms in total. The van der Waals surface area contributed by atoms with E-state index < -0.39 is 23.4 Å². The number of nitrogens with one attached hydrogen (secondary N) is 1. The van der Waals surface area contributed by atoms with Crippen molar-refractivity contribution in [1.82, 2.24) is 0 Å². The molecule has 0 fully saturated rings. The van der Waals surface area contributed by atoms with Crippen LogP contribution in [-0.2, 0) is 14.3 Å². The van der Waals surface area contributed by atoms with Gasteiger partial charge in [-0.05, 0) is 44.0 Å². The van der Waals surface area contributed by atoms with Gasteiger partial charge in [0, 0.05) is 29.8 Å². The Morgan fingerprint density at radius 2 is 1.72 bits per heavy atom. The van der Waals surface area contributed by atoms with Crippen LogP contribution in [0.4, 0.5) is 11.4 Å². The van der Waals surface area contributed by atoms with Gasteiger partial charge in [0.1, 0.15) is 0 Å². The number of hydrogen-bond donors (Lipinski definition) is 1. The lowest BCUT2D eigenvalue weighted by Gasteiger charge is -2.09. The van der Waals surface area contributed by atoms with Crippen molar-refractivity contribution < 1.29 is 24.0 Å². The molecular weight excluding hydrogens is 376 g/mol. The highest BCUT2D eigenvalue weighted by molar-refractivity contribution is 5.99. The summed E-state index contributed by atoms with van der Waals surface area (Å²) in [6.07, 6.45) is -0.137. The summed E-state index contributed by atoms with van der Waals surface area (Å²) >= 11 is 0.